The minimum Gasteiger partial charge on any atom is -0.350 e. The average Bonchev–Trinajstić information content (AvgIpc) is 2.34. The maximum Gasteiger partial charge on any atom is 0.246 e. The summed E-state index contributed by atoms with van der Waals surface area (Å²) >= 11 is 0. The van der Waals surface area contributed by atoms with Crippen molar-refractivity contribution in [3.63, 3.8) is 0 Å². The van der Waals surface area contributed by atoms with Gasteiger partial charge in [-0.2, -0.15) is 0 Å². The van der Waals surface area contributed by atoms with Gasteiger partial charge in [0.25, 0.3) is 0 Å². The molecular weight excluding hydrogens is 264 g/mol. The number of amides is 2. The minimum atomic E-state index is -0.294. The number of carbonyl (C=O) groups excluding carboxylic acids is 2. The quantitative estimate of drug-likeness (QED) is 0.865. The Morgan fingerprint density at radius 3 is 2.43 bits per heavy atom. The van der Waals surface area contributed by atoms with Crippen molar-refractivity contribution in [2.24, 2.45) is 0 Å². The molecule has 1 aromatic rings. The summed E-state index contributed by atoms with van der Waals surface area (Å²) in [5, 5.41) is 2.83. The first-order valence-electron chi connectivity index (χ1n) is 6.99. The van der Waals surface area contributed by atoms with Crippen molar-refractivity contribution in [1.29, 1.82) is 0 Å². The summed E-state index contributed by atoms with van der Waals surface area (Å²) in [6, 6.07) is 7.82. The number of benzene rings is 1. The zero-order chi connectivity index (χ0) is 16.0. The predicted octanol–water partition coefficient (Wildman–Crippen LogP) is 2.38. The molecule has 0 heterocycles. The third-order valence-electron chi connectivity index (χ3n) is 2.87. The van der Waals surface area contributed by atoms with Crippen molar-refractivity contribution >= 4 is 17.9 Å². The number of hydrogen-bond donors (Lipinski definition) is 1. The third kappa shape index (κ3) is 6.25. The van der Waals surface area contributed by atoms with E-state index in [2.05, 4.69) is 5.32 Å². The molecule has 0 atom stereocenters. The van der Waals surface area contributed by atoms with Gasteiger partial charge in [0.2, 0.25) is 11.8 Å². The van der Waals surface area contributed by atoms with Gasteiger partial charge in [0.1, 0.15) is 0 Å². The van der Waals surface area contributed by atoms with Gasteiger partial charge in [-0.05, 0) is 44.9 Å². The largest absolute Gasteiger partial charge is 0.350 e. The molecule has 0 aliphatic carbocycles. The molecule has 21 heavy (non-hydrogen) atoms. The molecule has 0 aliphatic heterocycles. The maximum atomic E-state index is 12.0. The topological polar surface area (TPSA) is 49.4 Å². The first-order valence-corrected chi connectivity index (χ1v) is 6.99. The van der Waals surface area contributed by atoms with Crippen molar-refractivity contribution < 1.29 is 9.59 Å². The van der Waals surface area contributed by atoms with Gasteiger partial charge in [-0.1, -0.05) is 24.3 Å². The van der Waals surface area contributed by atoms with E-state index in [0.717, 1.165) is 11.1 Å². The minimum absolute atomic E-state index is 0.0498. The summed E-state index contributed by atoms with van der Waals surface area (Å²) in [7, 11) is 1.62. The Labute approximate surface area is 126 Å². The molecule has 0 spiro atoms. The van der Waals surface area contributed by atoms with Gasteiger partial charge in [-0.25, -0.2) is 0 Å². The lowest BCUT2D eigenvalue weighted by atomic mass is 10.1. The van der Waals surface area contributed by atoms with E-state index in [1.54, 1.807) is 13.1 Å². The van der Waals surface area contributed by atoms with Crippen molar-refractivity contribution in [2.45, 2.75) is 33.2 Å². The summed E-state index contributed by atoms with van der Waals surface area (Å²) in [5.74, 6) is -0.357. The van der Waals surface area contributed by atoms with Gasteiger partial charge in [0.05, 0.1) is 6.54 Å². The highest BCUT2D eigenvalue weighted by Crippen LogP contribution is 2.09. The van der Waals surface area contributed by atoms with E-state index in [1.165, 1.54) is 11.0 Å². The lowest BCUT2D eigenvalue weighted by molar-refractivity contribution is -0.131. The van der Waals surface area contributed by atoms with E-state index >= 15 is 0 Å². The SMILES string of the molecule is Cc1ccccc1C=CC(=O)N(C)CC(=O)NC(C)(C)C. The molecule has 0 unspecified atom stereocenters. The van der Waals surface area contributed by atoms with E-state index in [9.17, 15) is 9.59 Å². The Bertz CT molecular complexity index is 542. The summed E-state index contributed by atoms with van der Waals surface area (Å²) in [6.07, 6.45) is 3.27. The molecule has 4 heteroatoms. The van der Waals surface area contributed by atoms with E-state index < -0.39 is 0 Å². The van der Waals surface area contributed by atoms with Gasteiger partial charge in [0, 0.05) is 18.7 Å². The molecule has 0 aliphatic rings. The third-order valence-corrected chi connectivity index (χ3v) is 2.87. The molecule has 1 aromatic carbocycles. The molecule has 0 fully saturated rings. The molecule has 4 nitrogen and oxygen atoms in total. The van der Waals surface area contributed by atoms with Crippen molar-refractivity contribution in [3.8, 4) is 0 Å². The second-order valence-electron chi connectivity index (χ2n) is 6.18. The fourth-order valence-corrected chi connectivity index (χ4v) is 1.81. The monoisotopic (exact) mass is 288 g/mol. The van der Waals surface area contributed by atoms with Crippen molar-refractivity contribution in [3.05, 3.63) is 41.5 Å². The average molecular weight is 288 g/mol. The standard InChI is InChI=1S/C17H24N2O2/c1-13-8-6-7-9-14(13)10-11-16(21)19(5)12-15(20)18-17(2,3)4/h6-11H,12H2,1-5H3,(H,18,20). The number of aryl methyl sites for hydroxylation is 1. The fourth-order valence-electron chi connectivity index (χ4n) is 1.81. The van der Waals surface area contributed by atoms with Gasteiger partial charge in [0.15, 0.2) is 0 Å². The van der Waals surface area contributed by atoms with Crippen molar-refractivity contribution in [1.82, 2.24) is 10.2 Å². The van der Waals surface area contributed by atoms with Crippen LogP contribution in [0.25, 0.3) is 6.08 Å². The van der Waals surface area contributed by atoms with Crippen molar-refractivity contribution in [2.75, 3.05) is 13.6 Å². The van der Waals surface area contributed by atoms with Crippen LogP contribution in [0.15, 0.2) is 30.3 Å². The van der Waals surface area contributed by atoms with Crippen LogP contribution in [0.4, 0.5) is 0 Å². The summed E-state index contributed by atoms with van der Waals surface area (Å²) in [4.78, 5) is 25.2. The van der Waals surface area contributed by atoms with Gasteiger partial charge >= 0.3 is 0 Å². The molecule has 1 rings (SSSR count). The first-order chi connectivity index (χ1) is 9.69. The molecule has 114 valence electrons. The second kappa shape index (κ2) is 7.07. The van der Waals surface area contributed by atoms with Crippen LogP contribution in [0.5, 0.6) is 0 Å². The molecular formula is C17H24N2O2. The summed E-state index contributed by atoms with van der Waals surface area (Å²) in [5.41, 5.74) is 1.81. The van der Waals surface area contributed by atoms with Crippen LogP contribution in [-0.4, -0.2) is 35.8 Å². The second-order valence-corrected chi connectivity index (χ2v) is 6.18. The molecule has 2 amide bonds. The zero-order valence-corrected chi connectivity index (χ0v) is 13.4. The smallest absolute Gasteiger partial charge is 0.246 e. The van der Waals surface area contributed by atoms with Crippen LogP contribution in [0.2, 0.25) is 0 Å². The number of likely N-dealkylation sites (N-methyl/N-ethyl adjacent to an activating group) is 1. The van der Waals surface area contributed by atoms with Gasteiger partial charge < -0.3 is 10.2 Å². The number of rotatable bonds is 4. The highest BCUT2D eigenvalue weighted by atomic mass is 16.2. The Morgan fingerprint density at radius 1 is 1.24 bits per heavy atom. The van der Waals surface area contributed by atoms with Gasteiger partial charge in [-0.3, -0.25) is 9.59 Å². The fraction of sp³-hybridized carbons (Fsp3) is 0.412. The van der Waals surface area contributed by atoms with Crippen LogP contribution in [0, 0.1) is 6.92 Å². The number of carbonyl (C=O) groups is 2. The summed E-state index contributed by atoms with van der Waals surface area (Å²) < 4.78 is 0. The first kappa shape index (κ1) is 17.0. The predicted molar refractivity (Wildman–Crippen MR) is 85.7 cm³/mol. The van der Waals surface area contributed by atoms with Crippen LogP contribution >= 0.6 is 0 Å². The molecule has 0 saturated carbocycles. The number of nitrogens with one attached hydrogen (secondary N) is 1. The Balaban J connectivity index is 2.59. The number of nitrogens with zero attached hydrogens (tertiary/aromatic N) is 1. The lowest BCUT2D eigenvalue weighted by Crippen LogP contribution is -2.46. The molecule has 0 aromatic heterocycles. The maximum absolute atomic E-state index is 12.0. The Morgan fingerprint density at radius 2 is 1.86 bits per heavy atom. The van der Waals surface area contributed by atoms with E-state index in [1.807, 2.05) is 52.0 Å². The Kier molecular flexibility index (Phi) is 5.70. The van der Waals surface area contributed by atoms with E-state index in [-0.39, 0.29) is 23.9 Å². The van der Waals surface area contributed by atoms with Crippen LogP contribution in [0.1, 0.15) is 31.9 Å². The molecule has 1 N–H and O–H groups in total. The van der Waals surface area contributed by atoms with E-state index in [4.69, 9.17) is 0 Å². The number of hydrogen-bond acceptors (Lipinski definition) is 2. The van der Waals surface area contributed by atoms with E-state index in [0.29, 0.717) is 0 Å². The van der Waals surface area contributed by atoms with Gasteiger partial charge in [-0.15, -0.1) is 0 Å². The molecule has 0 bridgehead atoms. The normalized spacial score (nSPS) is 11.5. The summed E-state index contributed by atoms with van der Waals surface area (Å²) in [6.45, 7) is 7.76. The highest BCUT2D eigenvalue weighted by Gasteiger charge is 2.16. The zero-order valence-electron chi connectivity index (χ0n) is 13.4. The molecule has 0 saturated heterocycles. The van der Waals surface area contributed by atoms with Crippen LogP contribution in [0.3, 0.4) is 0 Å². The van der Waals surface area contributed by atoms with Crippen LogP contribution < -0.4 is 5.32 Å². The lowest BCUT2D eigenvalue weighted by Gasteiger charge is -2.22. The Hall–Kier alpha value is -2.10. The molecule has 0 radical (unpaired) electrons. The van der Waals surface area contributed by atoms with Crippen LogP contribution in [-0.2, 0) is 9.59 Å². The highest BCUT2D eigenvalue weighted by molar-refractivity contribution is 5.94.